The van der Waals surface area contributed by atoms with E-state index in [4.69, 9.17) is 4.74 Å². The first-order valence-electron chi connectivity index (χ1n) is 7.24. The summed E-state index contributed by atoms with van der Waals surface area (Å²) in [5, 5.41) is 0. The standard InChI is InChI=1S/C16H23F2NO2/c1-5-19(13-6-7-14(17)15(18)10-13)16(20)12(4)21-9-8-11(2)3/h6-7,10-12H,5,8-9H2,1-4H3. The van der Waals surface area contributed by atoms with Crippen molar-refractivity contribution in [2.24, 2.45) is 5.92 Å². The number of benzene rings is 1. The number of ether oxygens (including phenoxy) is 1. The molecule has 118 valence electrons. The van der Waals surface area contributed by atoms with Gasteiger partial charge in [-0.15, -0.1) is 0 Å². The number of carbonyl (C=O) groups excluding carboxylic acids is 1. The van der Waals surface area contributed by atoms with Crippen LogP contribution in [-0.2, 0) is 9.53 Å². The molecule has 1 aromatic carbocycles. The Labute approximate surface area is 124 Å². The quantitative estimate of drug-likeness (QED) is 0.767. The summed E-state index contributed by atoms with van der Waals surface area (Å²) in [5.41, 5.74) is 0.334. The molecule has 5 heteroatoms. The van der Waals surface area contributed by atoms with Gasteiger partial charge in [-0.3, -0.25) is 4.79 Å². The summed E-state index contributed by atoms with van der Waals surface area (Å²) in [6.45, 7) is 8.47. The molecule has 1 atom stereocenters. The van der Waals surface area contributed by atoms with Crippen LogP contribution in [0.5, 0.6) is 0 Å². The highest BCUT2D eigenvalue weighted by atomic mass is 19.2. The summed E-state index contributed by atoms with van der Waals surface area (Å²) in [5.74, 6) is -1.65. The van der Waals surface area contributed by atoms with E-state index in [1.165, 1.54) is 11.0 Å². The van der Waals surface area contributed by atoms with Gasteiger partial charge in [0.2, 0.25) is 0 Å². The van der Waals surface area contributed by atoms with E-state index >= 15 is 0 Å². The average molecular weight is 299 g/mol. The van der Waals surface area contributed by atoms with E-state index in [2.05, 4.69) is 13.8 Å². The fourth-order valence-electron chi connectivity index (χ4n) is 1.89. The summed E-state index contributed by atoms with van der Waals surface area (Å²) in [4.78, 5) is 13.7. The Morgan fingerprint density at radius 1 is 1.24 bits per heavy atom. The molecule has 0 fully saturated rings. The molecule has 21 heavy (non-hydrogen) atoms. The van der Waals surface area contributed by atoms with Crippen molar-refractivity contribution in [1.82, 2.24) is 0 Å². The molecule has 0 aliphatic heterocycles. The summed E-state index contributed by atoms with van der Waals surface area (Å²) >= 11 is 0. The third-order valence-electron chi connectivity index (χ3n) is 3.21. The number of anilines is 1. The second kappa shape index (κ2) is 8.08. The first-order valence-corrected chi connectivity index (χ1v) is 7.24. The Hall–Kier alpha value is -1.49. The smallest absolute Gasteiger partial charge is 0.255 e. The molecule has 1 amide bonds. The molecule has 0 N–H and O–H groups in total. The zero-order valence-corrected chi connectivity index (χ0v) is 13.0. The lowest BCUT2D eigenvalue weighted by molar-refractivity contribution is -0.129. The fraction of sp³-hybridized carbons (Fsp3) is 0.562. The Balaban J connectivity index is 2.74. The minimum atomic E-state index is -0.966. The number of amides is 1. The number of hydrogen-bond donors (Lipinski definition) is 0. The average Bonchev–Trinajstić information content (AvgIpc) is 2.42. The van der Waals surface area contributed by atoms with E-state index in [0.29, 0.717) is 24.8 Å². The summed E-state index contributed by atoms with van der Waals surface area (Å²) in [6.07, 6.45) is 0.256. The van der Waals surface area contributed by atoms with Crippen molar-refractivity contribution >= 4 is 11.6 Å². The molecule has 0 radical (unpaired) electrons. The zero-order valence-electron chi connectivity index (χ0n) is 13.0. The van der Waals surface area contributed by atoms with Crippen LogP contribution in [0.25, 0.3) is 0 Å². The van der Waals surface area contributed by atoms with Crippen LogP contribution in [0.15, 0.2) is 18.2 Å². The predicted octanol–water partition coefficient (Wildman–Crippen LogP) is 3.77. The second-order valence-corrected chi connectivity index (χ2v) is 5.38. The molecule has 0 aromatic heterocycles. The van der Waals surface area contributed by atoms with Crippen molar-refractivity contribution in [3.05, 3.63) is 29.8 Å². The van der Waals surface area contributed by atoms with Crippen LogP contribution in [0.4, 0.5) is 14.5 Å². The van der Waals surface area contributed by atoms with Crippen molar-refractivity contribution in [2.45, 2.75) is 40.2 Å². The minimum absolute atomic E-state index is 0.257. The Kier molecular flexibility index (Phi) is 6.75. The zero-order chi connectivity index (χ0) is 16.0. The molecule has 0 bridgehead atoms. The number of hydrogen-bond acceptors (Lipinski definition) is 2. The van der Waals surface area contributed by atoms with E-state index in [1.54, 1.807) is 13.8 Å². The molecule has 0 aliphatic carbocycles. The SMILES string of the molecule is CCN(C(=O)C(C)OCCC(C)C)c1ccc(F)c(F)c1. The number of nitrogens with zero attached hydrogens (tertiary/aromatic N) is 1. The van der Waals surface area contributed by atoms with Crippen LogP contribution in [0.2, 0.25) is 0 Å². The van der Waals surface area contributed by atoms with Gasteiger partial charge in [-0.2, -0.15) is 0 Å². The molecule has 0 spiro atoms. The van der Waals surface area contributed by atoms with Crippen molar-refractivity contribution in [3.63, 3.8) is 0 Å². The van der Waals surface area contributed by atoms with Crippen molar-refractivity contribution in [3.8, 4) is 0 Å². The Morgan fingerprint density at radius 3 is 2.43 bits per heavy atom. The van der Waals surface area contributed by atoms with Gasteiger partial charge in [0.05, 0.1) is 0 Å². The molecule has 1 aromatic rings. The van der Waals surface area contributed by atoms with E-state index in [9.17, 15) is 13.6 Å². The molecule has 0 heterocycles. The largest absolute Gasteiger partial charge is 0.369 e. The van der Waals surface area contributed by atoms with Crippen molar-refractivity contribution in [2.75, 3.05) is 18.1 Å². The topological polar surface area (TPSA) is 29.5 Å². The maximum Gasteiger partial charge on any atom is 0.255 e. The summed E-state index contributed by atoms with van der Waals surface area (Å²) in [6, 6.07) is 3.43. The van der Waals surface area contributed by atoms with E-state index < -0.39 is 17.7 Å². The lowest BCUT2D eigenvalue weighted by atomic mass is 10.1. The van der Waals surface area contributed by atoms with Crippen LogP contribution >= 0.6 is 0 Å². The van der Waals surface area contributed by atoms with Crippen molar-refractivity contribution < 1.29 is 18.3 Å². The molecule has 0 saturated carbocycles. The fourth-order valence-corrected chi connectivity index (χ4v) is 1.89. The first kappa shape index (κ1) is 17.6. The molecular weight excluding hydrogens is 276 g/mol. The number of rotatable bonds is 7. The third kappa shape index (κ3) is 5.08. The third-order valence-corrected chi connectivity index (χ3v) is 3.21. The highest BCUT2D eigenvalue weighted by Crippen LogP contribution is 2.19. The van der Waals surface area contributed by atoms with Gasteiger partial charge in [-0.05, 0) is 38.3 Å². The first-order chi connectivity index (χ1) is 9.86. The minimum Gasteiger partial charge on any atom is -0.369 e. The number of likely N-dealkylation sites (N-methyl/N-ethyl adjacent to an activating group) is 1. The molecular formula is C16H23F2NO2. The highest BCUT2D eigenvalue weighted by Gasteiger charge is 2.22. The van der Waals surface area contributed by atoms with Gasteiger partial charge >= 0.3 is 0 Å². The van der Waals surface area contributed by atoms with Gasteiger partial charge in [0.1, 0.15) is 6.10 Å². The van der Waals surface area contributed by atoms with Crippen LogP contribution in [0.1, 0.15) is 34.1 Å². The van der Waals surface area contributed by atoms with Crippen LogP contribution in [-0.4, -0.2) is 25.2 Å². The Morgan fingerprint density at radius 2 is 1.90 bits per heavy atom. The molecule has 0 saturated heterocycles. The van der Waals surface area contributed by atoms with E-state index in [1.807, 2.05) is 0 Å². The van der Waals surface area contributed by atoms with Gasteiger partial charge in [-0.25, -0.2) is 8.78 Å². The summed E-state index contributed by atoms with van der Waals surface area (Å²) in [7, 11) is 0. The maximum atomic E-state index is 13.3. The monoisotopic (exact) mass is 299 g/mol. The number of halogens is 2. The van der Waals surface area contributed by atoms with Gasteiger partial charge in [0.25, 0.3) is 5.91 Å². The van der Waals surface area contributed by atoms with E-state index in [0.717, 1.165) is 18.6 Å². The molecule has 3 nitrogen and oxygen atoms in total. The lowest BCUT2D eigenvalue weighted by Crippen LogP contribution is -2.39. The van der Waals surface area contributed by atoms with Gasteiger partial charge in [-0.1, -0.05) is 13.8 Å². The maximum absolute atomic E-state index is 13.3. The second-order valence-electron chi connectivity index (χ2n) is 5.38. The Bertz CT molecular complexity index is 477. The van der Waals surface area contributed by atoms with Gasteiger partial charge in [0, 0.05) is 24.9 Å². The lowest BCUT2D eigenvalue weighted by Gasteiger charge is -2.25. The van der Waals surface area contributed by atoms with Crippen LogP contribution < -0.4 is 4.90 Å². The summed E-state index contributed by atoms with van der Waals surface area (Å²) < 4.78 is 31.8. The number of carbonyl (C=O) groups is 1. The van der Waals surface area contributed by atoms with Crippen LogP contribution in [0, 0.1) is 17.6 Å². The molecule has 1 unspecified atom stereocenters. The van der Waals surface area contributed by atoms with Gasteiger partial charge in [0.15, 0.2) is 11.6 Å². The highest BCUT2D eigenvalue weighted by molar-refractivity contribution is 5.96. The predicted molar refractivity (Wildman–Crippen MR) is 79.3 cm³/mol. The molecule has 0 aliphatic rings. The van der Waals surface area contributed by atoms with Crippen molar-refractivity contribution in [1.29, 1.82) is 0 Å². The van der Waals surface area contributed by atoms with E-state index in [-0.39, 0.29) is 5.91 Å². The normalized spacial score (nSPS) is 12.5. The van der Waals surface area contributed by atoms with Gasteiger partial charge < -0.3 is 9.64 Å². The molecule has 1 rings (SSSR count). The van der Waals surface area contributed by atoms with Crippen LogP contribution in [0.3, 0.4) is 0 Å².